The molecule has 4 aromatic rings. The van der Waals surface area contributed by atoms with Crippen LogP contribution in [-0.2, 0) is 0 Å². The van der Waals surface area contributed by atoms with E-state index in [9.17, 15) is 4.79 Å². The van der Waals surface area contributed by atoms with Crippen LogP contribution in [0.5, 0.6) is 11.5 Å². The largest absolute Gasteiger partial charge is 0.457 e. The van der Waals surface area contributed by atoms with Gasteiger partial charge in [-0.1, -0.05) is 30.3 Å². The highest BCUT2D eigenvalue weighted by molar-refractivity contribution is 6.06. The van der Waals surface area contributed by atoms with Crippen LogP contribution in [0.2, 0.25) is 0 Å². The number of para-hydroxylation sites is 1. The van der Waals surface area contributed by atoms with Gasteiger partial charge in [0.2, 0.25) is 0 Å². The first-order valence-corrected chi connectivity index (χ1v) is 8.41. The summed E-state index contributed by atoms with van der Waals surface area (Å²) in [6.07, 6.45) is 0. The molecule has 0 aliphatic rings. The number of hydrogen-bond donors (Lipinski definition) is 2. The second kappa shape index (κ2) is 6.76. The molecule has 1 aromatic heterocycles. The fourth-order valence-electron chi connectivity index (χ4n) is 2.83. The van der Waals surface area contributed by atoms with Crippen LogP contribution in [-0.4, -0.2) is 10.9 Å². The molecule has 0 bridgehead atoms. The Labute approximate surface area is 151 Å². The first kappa shape index (κ1) is 16.0. The molecule has 0 unspecified atom stereocenters. The highest BCUT2D eigenvalue weighted by atomic mass is 16.5. The summed E-state index contributed by atoms with van der Waals surface area (Å²) < 4.78 is 5.92. The molecule has 2 N–H and O–H groups in total. The number of amides is 1. The molecule has 0 atom stereocenters. The molecule has 128 valence electrons. The predicted octanol–water partition coefficient (Wildman–Crippen LogP) is 5.52. The van der Waals surface area contributed by atoms with Gasteiger partial charge in [0.25, 0.3) is 5.91 Å². The van der Waals surface area contributed by atoms with Crippen molar-refractivity contribution in [3.63, 3.8) is 0 Å². The summed E-state index contributed by atoms with van der Waals surface area (Å²) >= 11 is 0. The number of anilines is 1. The Morgan fingerprint density at radius 3 is 2.50 bits per heavy atom. The quantitative estimate of drug-likeness (QED) is 0.513. The van der Waals surface area contributed by atoms with Gasteiger partial charge in [0.15, 0.2) is 0 Å². The fourth-order valence-corrected chi connectivity index (χ4v) is 2.83. The van der Waals surface area contributed by atoms with Crippen LogP contribution in [0, 0.1) is 6.92 Å². The molecule has 1 heterocycles. The number of aryl methyl sites for hydroxylation is 1. The average molecular weight is 342 g/mol. The maximum absolute atomic E-state index is 12.4. The zero-order chi connectivity index (χ0) is 17.9. The van der Waals surface area contributed by atoms with E-state index < -0.39 is 0 Å². The highest BCUT2D eigenvalue weighted by Crippen LogP contribution is 2.27. The van der Waals surface area contributed by atoms with E-state index in [1.54, 1.807) is 0 Å². The lowest BCUT2D eigenvalue weighted by atomic mass is 10.2. The number of carbonyl (C=O) groups is 1. The highest BCUT2D eigenvalue weighted by Gasteiger charge is 2.10. The number of ether oxygens (including phenoxy) is 1. The molecule has 3 aromatic carbocycles. The van der Waals surface area contributed by atoms with E-state index in [0.29, 0.717) is 5.69 Å². The fraction of sp³-hybridized carbons (Fsp3) is 0.0455. The SMILES string of the molecule is Cc1cccc(Oc2ccc3[nH]c(C(=O)Nc4ccccc4)cc3c2)c1. The molecule has 0 radical (unpaired) electrons. The number of hydrogen-bond acceptors (Lipinski definition) is 2. The van der Waals surface area contributed by atoms with Crippen molar-refractivity contribution in [2.24, 2.45) is 0 Å². The van der Waals surface area contributed by atoms with Crippen molar-refractivity contribution >= 4 is 22.5 Å². The third kappa shape index (κ3) is 3.44. The number of nitrogens with one attached hydrogen (secondary N) is 2. The lowest BCUT2D eigenvalue weighted by Gasteiger charge is -2.06. The molecular formula is C22H18N2O2. The van der Waals surface area contributed by atoms with Crippen LogP contribution < -0.4 is 10.1 Å². The number of carbonyl (C=O) groups excluding carboxylic acids is 1. The van der Waals surface area contributed by atoms with E-state index in [4.69, 9.17) is 4.74 Å². The van der Waals surface area contributed by atoms with E-state index >= 15 is 0 Å². The smallest absolute Gasteiger partial charge is 0.272 e. The van der Waals surface area contributed by atoms with Crippen molar-refractivity contribution in [2.45, 2.75) is 6.92 Å². The van der Waals surface area contributed by atoms with Crippen molar-refractivity contribution in [2.75, 3.05) is 5.32 Å². The van der Waals surface area contributed by atoms with Gasteiger partial charge in [0, 0.05) is 16.6 Å². The van der Waals surface area contributed by atoms with E-state index in [1.807, 2.05) is 85.8 Å². The van der Waals surface area contributed by atoms with Gasteiger partial charge in [-0.2, -0.15) is 0 Å². The van der Waals surface area contributed by atoms with Gasteiger partial charge >= 0.3 is 0 Å². The van der Waals surface area contributed by atoms with Crippen molar-refractivity contribution < 1.29 is 9.53 Å². The minimum atomic E-state index is -0.173. The Morgan fingerprint density at radius 1 is 0.885 bits per heavy atom. The summed E-state index contributed by atoms with van der Waals surface area (Å²) in [4.78, 5) is 15.6. The molecule has 1 amide bonds. The van der Waals surface area contributed by atoms with E-state index in [2.05, 4.69) is 10.3 Å². The molecule has 0 fully saturated rings. The van der Waals surface area contributed by atoms with Gasteiger partial charge in [-0.25, -0.2) is 0 Å². The van der Waals surface area contributed by atoms with Crippen LogP contribution >= 0.6 is 0 Å². The Balaban J connectivity index is 1.56. The molecule has 0 spiro atoms. The zero-order valence-electron chi connectivity index (χ0n) is 14.3. The topological polar surface area (TPSA) is 54.1 Å². The van der Waals surface area contributed by atoms with E-state index in [-0.39, 0.29) is 5.91 Å². The van der Waals surface area contributed by atoms with Crippen LogP contribution in [0.1, 0.15) is 16.1 Å². The summed E-state index contributed by atoms with van der Waals surface area (Å²) in [5, 5.41) is 3.80. The number of aromatic nitrogens is 1. The standard InChI is InChI=1S/C22H18N2O2/c1-15-6-5-9-18(12-15)26-19-10-11-20-16(13-19)14-21(24-20)22(25)23-17-7-3-2-4-8-17/h2-14,24H,1H3,(H,23,25). The number of rotatable bonds is 4. The van der Waals surface area contributed by atoms with Gasteiger partial charge in [-0.05, 0) is 61.0 Å². The van der Waals surface area contributed by atoms with Crippen LogP contribution in [0.4, 0.5) is 5.69 Å². The zero-order valence-corrected chi connectivity index (χ0v) is 14.3. The molecular weight excluding hydrogens is 324 g/mol. The summed E-state index contributed by atoms with van der Waals surface area (Å²) in [6.45, 7) is 2.03. The predicted molar refractivity (Wildman–Crippen MR) is 104 cm³/mol. The monoisotopic (exact) mass is 342 g/mol. The first-order chi connectivity index (χ1) is 12.7. The Morgan fingerprint density at radius 2 is 1.69 bits per heavy atom. The molecule has 0 saturated carbocycles. The molecule has 4 nitrogen and oxygen atoms in total. The summed E-state index contributed by atoms with van der Waals surface area (Å²) in [5.41, 5.74) is 3.31. The van der Waals surface area contributed by atoms with Crippen LogP contribution in [0.3, 0.4) is 0 Å². The van der Waals surface area contributed by atoms with Crippen molar-refractivity contribution in [1.82, 2.24) is 4.98 Å². The summed E-state index contributed by atoms with van der Waals surface area (Å²) in [6, 6.07) is 24.9. The molecule has 0 saturated heterocycles. The Kier molecular flexibility index (Phi) is 4.15. The van der Waals surface area contributed by atoms with Crippen LogP contribution in [0.25, 0.3) is 10.9 Å². The molecule has 4 rings (SSSR count). The van der Waals surface area contributed by atoms with Crippen molar-refractivity contribution in [1.29, 1.82) is 0 Å². The van der Waals surface area contributed by atoms with Crippen molar-refractivity contribution in [3.05, 3.63) is 90.1 Å². The van der Waals surface area contributed by atoms with Gasteiger partial charge in [-0.15, -0.1) is 0 Å². The van der Waals surface area contributed by atoms with Gasteiger partial charge in [-0.3, -0.25) is 4.79 Å². The maximum Gasteiger partial charge on any atom is 0.272 e. The molecule has 0 aliphatic heterocycles. The Bertz CT molecular complexity index is 1070. The number of aromatic amines is 1. The van der Waals surface area contributed by atoms with Gasteiger partial charge < -0.3 is 15.0 Å². The number of H-pyrrole nitrogens is 1. The lowest BCUT2D eigenvalue weighted by Crippen LogP contribution is -2.11. The normalized spacial score (nSPS) is 10.7. The molecule has 4 heteroatoms. The maximum atomic E-state index is 12.4. The second-order valence-corrected chi connectivity index (χ2v) is 6.17. The van der Waals surface area contributed by atoms with Crippen LogP contribution in [0.15, 0.2) is 78.9 Å². The average Bonchev–Trinajstić information content (AvgIpc) is 3.06. The van der Waals surface area contributed by atoms with Gasteiger partial charge in [0.05, 0.1) is 0 Å². The van der Waals surface area contributed by atoms with E-state index in [1.165, 1.54) is 0 Å². The second-order valence-electron chi connectivity index (χ2n) is 6.17. The number of benzene rings is 3. The summed E-state index contributed by atoms with van der Waals surface area (Å²) in [7, 11) is 0. The van der Waals surface area contributed by atoms with Gasteiger partial charge in [0.1, 0.15) is 17.2 Å². The summed E-state index contributed by atoms with van der Waals surface area (Å²) in [5.74, 6) is 1.35. The third-order valence-corrected chi connectivity index (χ3v) is 4.09. The lowest BCUT2D eigenvalue weighted by molar-refractivity contribution is 0.102. The molecule has 26 heavy (non-hydrogen) atoms. The third-order valence-electron chi connectivity index (χ3n) is 4.09. The Hall–Kier alpha value is -3.53. The minimum Gasteiger partial charge on any atom is -0.457 e. The van der Waals surface area contributed by atoms with E-state index in [0.717, 1.165) is 33.7 Å². The van der Waals surface area contributed by atoms with Crippen molar-refractivity contribution in [3.8, 4) is 11.5 Å². The molecule has 0 aliphatic carbocycles. The minimum absolute atomic E-state index is 0.173. The number of fused-ring (bicyclic) bond motifs is 1. The first-order valence-electron chi connectivity index (χ1n) is 8.41.